The summed E-state index contributed by atoms with van der Waals surface area (Å²) < 4.78 is 61.6. The first-order chi connectivity index (χ1) is 14.6. The fourth-order valence-corrected chi connectivity index (χ4v) is 4.27. The molecule has 10 heteroatoms. The monoisotopic (exact) mass is 454 g/mol. The number of hydrogen-bond acceptors (Lipinski definition) is 4. The third-order valence-corrected chi connectivity index (χ3v) is 6.60. The van der Waals surface area contributed by atoms with Gasteiger partial charge in [-0.25, -0.2) is 8.42 Å². The van der Waals surface area contributed by atoms with E-state index in [0.29, 0.717) is 0 Å². The Morgan fingerprint density at radius 2 is 1.58 bits per heavy atom. The SMILES string of the molecule is O=C(Nc1cccc(S(=O)(=O)C(F)(F)F)c1)c1ccccc1NC(=O)C1CCCCC1. The zero-order chi connectivity index (χ0) is 22.6. The van der Waals surface area contributed by atoms with Crippen molar-refractivity contribution in [2.75, 3.05) is 10.6 Å². The molecular formula is C21H21F3N2O4S. The maximum Gasteiger partial charge on any atom is 0.501 e. The van der Waals surface area contributed by atoms with E-state index in [9.17, 15) is 31.2 Å². The van der Waals surface area contributed by atoms with Crippen molar-refractivity contribution in [3.05, 3.63) is 54.1 Å². The molecule has 0 bridgehead atoms. The second kappa shape index (κ2) is 9.09. The lowest BCUT2D eigenvalue weighted by atomic mass is 9.88. The first-order valence-electron chi connectivity index (χ1n) is 9.72. The van der Waals surface area contributed by atoms with E-state index in [2.05, 4.69) is 10.6 Å². The average molecular weight is 454 g/mol. The average Bonchev–Trinajstić information content (AvgIpc) is 2.74. The van der Waals surface area contributed by atoms with Gasteiger partial charge in [0.25, 0.3) is 15.7 Å². The molecule has 0 heterocycles. The van der Waals surface area contributed by atoms with Crippen LogP contribution in [-0.2, 0) is 14.6 Å². The van der Waals surface area contributed by atoms with E-state index in [1.54, 1.807) is 18.2 Å². The number of para-hydroxylation sites is 1. The molecule has 2 aromatic rings. The largest absolute Gasteiger partial charge is 0.501 e. The minimum absolute atomic E-state index is 0.107. The smallest absolute Gasteiger partial charge is 0.325 e. The Balaban J connectivity index is 1.79. The number of sulfone groups is 1. The summed E-state index contributed by atoms with van der Waals surface area (Å²) in [6.45, 7) is 0. The quantitative estimate of drug-likeness (QED) is 0.682. The molecule has 0 unspecified atom stereocenters. The van der Waals surface area contributed by atoms with Crippen molar-refractivity contribution in [1.82, 2.24) is 0 Å². The molecule has 31 heavy (non-hydrogen) atoms. The van der Waals surface area contributed by atoms with Gasteiger partial charge in [-0.3, -0.25) is 9.59 Å². The lowest BCUT2D eigenvalue weighted by molar-refractivity contribution is -0.120. The topological polar surface area (TPSA) is 92.3 Å². The number of anilines is 2. The van der Waals surface area contributed by atoms with Crippen LogP contribution in [0.4, 0.5) is 24.5 Å². The summed E-state index contributed by atoms with van der Waals surface area (Å²) in [7, 11) is -5.54. The van der Waals surface area contributed by atoms with Crippen molar-refractivity contribution < 1.29 is 31.2 Å². The molecular weight excluding hydrogens is 433 g/mol. The van der Waals surface area contributed by atoms with Crippen LogP contribution >= 0.6 is 0 Å². The molecule has 6 nitrogen and oxygen atoms in total. The number of rotatable bonds is 5. The summed E-state index contributed by atoms with van der Waals surface area (Å²) in [6, 6.07) is 10.2. The van der Waals surface area contributed by atoms with Gasteiger partial charge in [-0.15, -0.1) is 0 Å². The van der Waals surface area contributed by atoms with Crippen LogP contribution in [0.2, 0.25) is 0 Å². The second-order valence-electron chi connectivity index (χ2n) is 7.30. The number of amides is 2. The molecule has 2 N–H and O–H groups in total. The first kappa shape index (κ1) is 22.8. The Hall–Kier alpha value is -2.88. The van der Waals surface area contributed by atoms with Crippen LogP contribution in [0, 0.1) is 5.92 Å². The van der Waals surface area contributed by atoms with E-state index in [1.807, 2.05) is 0 Å². The summed E-state index contributed by atoms with van der Waals surface area (Å²) in [5.41, 5.74) is -5.19. The van der Waals surface area contributed by atoms with Crippen LogP contribution in [0.3, 0.4) is 0 Å². The van der Waals surface area contributed by atoms with E-state index in [-0.39, 0.29) is 28.8 Å². The minimum Gasteiger partial charge on any atom is -0.325 e. The molecule has 0 radical (unpaired) electrons. The zero-order valence-corrected chi connectivity index (χ0v) is 17.2. The normalized spacial score (nSPS) is 15.3. The van der Waals surface area contributed by atoms with E-state index >= 15 is 0 Å². The Kier molecular flexibility index (Phi) is 6.68. The van der Waals surface area contributed by atoms with Crippen molar-refractivity contribution in [1.29, 1.82) is 0 Å². The standard InChI is InChI=1S/C21H21F3N2O4S/c22-21(23,24)31(29,30)16-10-6-9-15(13-16)25-20(28)17-11-4-5-12-18(17)26-19(27)14-7-2-1-3-8-14/h4-6,9-14H,1-3,7-8H2,(H,25,28)(H,26,27). The van der Waals surface area contributed by atoms with Crippen LogP contribution in [-0.4, -0.2) is 25.7 Å². The first-order valence-corrected chi connectivity index (χ1v) is 11.2. The lowest BCUT2D eigenvalue weighted by Gasteiger charge is -2.21. The minimum atomic E-state index is -5.54. The summed E-state index contributed by atoms with van der Waals surface area (Å²) in [5.74, 6) is -1.01. The predicted octanol–water partition coefficient (Wildman–Crippen LogP) is 4.75. The second-order valence-corrected chi connectivity index (χ2v) is 9.24. The van der Waals surface area contributed by atoms with Gasteiger partial charge in [-0.1, -0.05) is 37.5 Å². The Morgan fingerprint density at radius 1 is 0.903 bits per heavy atom. The Morgan fingerprint density at radius 3 is 2.26 bits per heavy atom. The van der Waals surface area contributed by atoms with Crippen molar-refractivity contribution >= 4 is 33.0 Å². The number of halogens is 3. The molecule has 2 amide bonds. The number of alkyl halides is 3. The molecule has 3 rings (SSSR count). The van der Waals surface area contributed by atoms with Crippen molar-refractivity contribution in [2.24, 2.45) is 5.92 Å². The fraction of sp³-hybridized carbons (Fsp3) is 0.333. The Labute approximate surface area is 177 Å². The molecule has 0 saturated heterocycles. The maximum absolute atomic E-state index is 12.8. The molecule has 1 fully saturated rings. The molecule has 0 atom stereocenters. The molecule has 0 aliphatic heterocycles. The van der Waals surface area contributed by atoms with Crippen LogP contribution in [0.5, 0.6) is 0 Å². The predicted molar refractivity (Wildman–Crippen MR) is 109 cm³/mol. The van der Waals surface area contributed by atoms with Crippen molar-refractivity contribution in [3.63, 3.8) is 0 Å². The zero-order valence-electron chi connectivity index (χ0n) is 16.4. The summed E-state index contributed by atoms with van der Waals surface area (Å²) >= 11 is 0. The third-order valence-electron chi connectivity index (χ3n) is 5.11. The Bertz CT molecular complexity index is 1080. The molecule has 1 aliphatic carbocycles. The van der Waals surface area contributed by atoms with Crippen molar-refractivity contribution in [3.8, 4) is 0 Å². The maximum atomic E-state index is 12.8. The highest BCUT2D eigenvalue weighted by molar-refractivity contribution is 7.92. The summed E-state index contributed by atoms with van der Waals surface area (Å²) in [6.07, 6.45) is 4.59. The van der Waals surface area contributed by atoms with Gasteiger partial charge in [0.15, 0.2) is 0 Å². The molecule has 1 aliphatic rings. The lowest BCUT2D eigenvalue weighted by Crippen LogP contribution is -2.26. The van der Waals surface area contributed by atoms with Gasteiger partial charge in [0.1, 0.15) is 0 Å². The van der Waals surface area contributed by atoms with E-state index in [1.165, 1.54) is 12.1 Å². The number of nitrogens with one attached hydrogen (secondary N) is 2. The van der Waals surface area contributed by atoms with Gasteiger partial charge in [-0.2, -0.15) is 13.2 Å². The van der Waals surface area contributed by atoms with Gasteiger partial charge in [0.05, 0.1) is 16.1 Å². The number of carbonyl (C=O) groups is 2. The summed E-state index contributed by atoms with van der Waals surface area (Å²) in [4.78, 5) is 24.3. The van der Waals surface area contributed by atoms with E-state index in [0.717, 1.165) is 50.3 Å². The highest BCUT2D eigenvalue weighted by Crippen LogP contribution is 2.31. The van der Waals surface area contributed by atoms with Gasteiger partial charge in [0, 0.05) is 11.6 Å². The van der Waals surface area contributed by atoms with Gasteiger partial charge in [-0.05, 0) is 43.2 Å². The van der Waals surface area contributed by atoms with E-state index in [4.69, 9.17) is 0 Å². The van der Waals surface area contributed by atoms with Crippen LogP contribution < -0.4 is 10.6 Å². The number of carbonyl (C=O) groups excluding carboxylic acids is 2. The van der Waals surface area contributed by atoms with Crippen LogP contribution in [0.1, 0.15) is 42.5 Å². The highest BCUT2D eigenvalue weighted by atomic mass is 32.2. The van der Waals surface area contributed by atoms with E-state index < -0.39 is 26.1 Å². The van der Waals surface area contributed by atoms with Gasteiger partial charge < -0.3 is 10.6 Å². The fourth-order valence-electron chi connectivity index (χ4n) is 3.46. The highest BCUT2D eigenvalue weighted by Gasteiger charge is 2.46. The molecule has 166 valence electrons. The van der Waals surface area contributed by atoms with Gasteiger partial charge in [0.2, 0.25) is 5.91 Å². The molecule has 0 aromatic heterocycles. The summed E-state index contributed by atoms with van der Waals surface area (Å²) in [5, 5.41) is 5.15. The molecule has 2 aromatic carbocycles. The third kappa shape index (κ3) is 5.25. The molecule has 0 spiro atoms. The van der Waals surface area contributed by atoms with Crippen molar-refractivity contribution in [2.45, 2.75) is 42.5 Å². The van der Waals surface area contributed by atoms with Gasteiger partial charge >= 0.3 is 5.51 Å². The number of benzene rings is 2. The van der Waals surface area contributed by atoms with Crippen LogP contribution in [0.15, 0.2) is 53.4 Å². The van der Waals surface area contributed by atoms with Crippen LogP contribution in [0.25, 0.3) is 0 Å². The molecule has 1 saturated carbocycles. The number of hydrogen-bond donors (Lipinski definition) is 2.